The Morgan fingerprint density at radius 2 is 1.69 bits per heavy atom. The second kappa shape index (κ2) is 9.09. The van der Waals surface area contributed by atoms with Crippen molar-refractivity contribution >= 4 is 39.1 Å². The number of nitrogens with zero attached hydrogens (tertiary/aromatic N) is 3. The molecule has 0 spiro atoms. The molecule has 4 rings (SSSR count). The molecule has 170 valence electrons. The summed E-state index contributed by atoms with van der Waals surface area (Å²) in [7, 11) is -2.11. The predicted molar refractivity (Wildman–Crippen MR) is 120 cm³/mol. The Morgan fingerprint density at radius 1 is 1.03 bits per heavy atom. The lowest BCUT2D eigenvalue weighted by Crippen LogP contribution is -2.52. The molecule has 2 aromatic rings. The Labute approximate surface area is 192 Å². The molecule has 2 heterocycles. The van der Waals surface area contributed by atoms with Gasteiger partial charge in [-0.05, 0) is 36.4 Å². The van der Waals surface area contributed by atoms with Crippen LogP contribution < -0.4 is 9.64 Å². The van der Waals surface area contributed by atoms with Crippen LogP contribution in [0.3, 0.4) is 0 Å². The minimum Gasteiger partial charge on any atom is -0.495 e. The summed E-state index contributed by atoms with van der Waals surface area (Å²) in [6, 6.07) is 13.3. The zero-order valence-corrected chi connectivity index (χ0v) is 19.2. The van der Waals surface area contributed by atoms with Crippen molar-refractivity contribution in [3.8, 4) is 5.75 Å². The van der Waals surface area contributed by atoms with Crippen LogP contribution in [0.1, 0.15) is 6.42 Å². The van der Waals surface area contributed by atoms with E-state index in [1.165, 1.54) is 16.4 Å². The van der Waals surface area contributed by atoms with Crippen LogP contribution in [0.5, 0.6) is 5.75 Å². The van der Waals surface area contributed by atoms with Gasteiger partial charge in [-0.1, -0.05) is 23.7 Å². The third-order valence-electron chi connectivity index (χ3n) is 5.85. The summed E-state index contributed by atoms with van der Waals surface area (Å²) in [6.07, 6.45) is 0.125. The van der Waals surface area contributed by atoms with Crippen LogP contribution in [0.4, 0.5) is 5.69 Å². The number of methoxy groups -OCH3 is 1. The molecule has 32 heavy (non-hydrogen) atoms. The Hall–Kier alpha value is -2.62. The average Bonchev–Trinajstić information content (AvgIpc) is 3.20. The summed E-state index contributed by atoms with van der Waals surface area (Å²) in [5, 5.41) is 0.465. The van der Waals surface area contributed by atoms with Crippen molar-refractivity contribution in [2.75, 3.05) is 44.7 Å². The smallest absolute Gasteiger partial charge is 0.243 e. The van der Waals surface area contributed by atoms with Gasteiger partial charge in [0.05, 0.1) is 23.6 Å². The molecule has 0 saturated carbocycles. The normalized spacial score (nSPS) is 19.9. The molecule has 1 atom stereocenters. The summed E-state index contributed by atoms with van der Waals surface area (Å²) < 4.78 is 32.4. The van der Waals surface area contributed by atoms with Crippen molar-refractivity contribution < 1.29 is 22.7 Å². The number of benzene rings is 2. The van der Waals surface area contributed by atoms with E-state index >= 15 is 0 Å². The van der Waals surface area contributed by atoms with Gasteiger partial charge in [-0.25, -0.2) is 8.42 Å². The first-order valence-corrected chi connectivity index (χ1v) is 12.1. The van der Waals surface area contributed by atoms with E-state index in [1.807, 2.05) is 12.1 Å². The lowest BCUT2D eigenvalue weighted by molar-refractivity contribution is -0.136. The molecule has 2 aliphatic heterocycles. The molecular formula is C22H24ClN3O5S. The van der Waals surface area contributed by atoms with Crippen LogP contribution in [0, 0.1) is 5.92 Å². The minimum absolute atomic E-state index is 0.125. The Bertz CT molecular complexity index is 1110. The highest BCUT2D eigenvalue weighted by Crippen LogP contribution is 2.33. The SMILES string of the molecule is COc1ccccc1N1CC(C(=O)N2CCN(S(=O)(=O)c3ccc(Cl)cc3)CC2)CC1=O. The van der Waals surface area contributed by atoms with Crippen LogP contribution in [-0.2, 0) is 19.6 Å². The van der Waals surface area contributed by atoms with Gasteiger partial charge >= 0.3 is 0 Å². The van der Waals surface area contributed by atoms with Crippen molar-refractivity contribution in [2.24, 2.45) is 5.92 Å². The maximum Gasteiger partial charge on any atom is 0.243 e. The highest BCUT2D eigenvalue weighted by molar-refractivity contribution is 7.89. The van der Waals surface area contributed by atoms with E-state index in [2.05, 4.69) is 0 Å². The first kappa shape index (κ1) is 22.6. The largest absolute Gasteiger partial charge is 0.495 e. The van der Waals surface area contributed by atoms with Gasteiger partial charge in [-0.15, -0.1) is 0 Å². The Balaban J connectivity index is 1.39. The second-order valence-electron chi connectivity index (χ2n) is 7.76. The van der Waals surface area contributed by atoms with E-state index in [9.17, 15) is 18.0 Å². The van der Waals surface area contributed by atoms with Gasteiger partial charge in [0.25, 0.3) is 0 Å². The maximum absolute atomic E-state index is 13.1. The van der Waals surface area contributed by atoms with Crippen molar-refractivity contribution in [3.05, 3.63) is 53.6 Å². The van der Waals surface area contributed by atoms with Gasteiger partial charge < -0.3 is 14.5 Å². The zero-order valence-electron chi connectivity index (χ0n) is 17.6. The van der Waals surface area contributed by atoms with Gasteiger partial charge in [-0.3, -0.25) is 9.59 Å². The van der Waals surface area contributed by atoms with Crippen molar-refractivity contribution in [3.63, 3.8) is 0 Å². The number of halogens is 1. The van der Waals surface area contributed by atoms with Gasteiger partial charge in [0.15, 0.2) is 0 Å². The summed E-state index contributed by atoms with van der Waals surface area (Å²) in [4.78, 5) is 29.1. The number of piperazine rings is 1. The number of hydrogen-bond donors (Lipinski definition) is 0. The monoisotopic (exact) mass is 477 g/mol. The molecule has 0 radical (unpaired) electrons. The summed E-state index contributed by atoms with van der Waals surface area (Å²) >= 11 is 5.85. The zero-order chi connectivity index (χ0) is 22.9. The van der Waals surface area contributed by atoms with E-state index in [-0.39, 0.29) is 55.9 Å². The number of carbonyl (C=O) groups excluding carboxylic acids is 2. The third-order valence-corrected chi connectivity index (χ3v) is 8.02. The number of sulfonamides is 1. The van der Waals surface area contributed by atoms with Crippen LogP contribution in [0.2, 0.25) is 5.02 Å². The second-order valence-corrected chi connectivity index (χ2v) is 10.1. The predicted octanol–water partition coefficient (Wildman–Crippen LogP) is 2.23. The Kier molecular flexibility index (Phi) is 6.41. The minimum atomic E-state index is -3.65. The molecule has 8 nitrogen and oxygen atoms in total. The number of ether oxygens (including phenoxy) is 1. The highest BCUT2D eigenvalue weighted by Gasteiger charge is 2.39. The van der Waals surface area contributed by atoms with Gasteiger partial charge in [0, 0.05) is 44.2 Å². The molecule has 2 fully saturated rings. The van der Waals surface area contributed by atoms with E-state index in [1.54, 1.807) is 41.2 Å². The number of anilines is 1. The van der Waals surface area contributed by atoms with Crippen LogP contribution in [0.15, 0.2) is 53.4 Å². The Morgan fingerprint density at radius 3 is 2.34 bits per heavy atom. The number of para-hydroxylation sites is 2. The molecule has 0 bridgehead atoms. The quantitative estimate of drug-likeness (QED) is 0.659. The molecule has 2 amide bonds. The molecule has 10 heteroatoms. The van der Waals surface area contributed by atoms with Crippen molar-refractivity contribution in [2.45, 2.75) is 11.3 Å². The van der Waals surface area contributed by atoms with Gasteiger partial charge in [0.1, 0.15) is 5.75 Å². The molecule has 0 N–H and O–H groups in total. The van der Waals surface area contributed by atoms with Crippen LogP contribution in [0.25, 0.3) is 0 Å². The van der Waals surface area contributed by atoms with E-state index in [4.69, 9.17) is 16.3 Å². The molecule has 2 aliphatic rings. The van der Waals surface area contributed by atoms with Crippen molar-refractivity contribution in [1.29, 1.82) is 0 Å². The van der Waals surface area contributed by atoms with Crippen LogP contribution >= 0.6 is 11.6 Å². The van der Waals surface area contributed by atoms with Gasteiger partial charge in [0.2, 0.25) is 21.8 Å². The number of rotatable bonds is 5. The molecule has 2 saturated heterocycles. The number of carbonyl (C=O) groups is 2. The topological polar surface area (TPSA) is 87.2 Å². The maximum atomic E-state index is 13.1. The highest BCUT2D eigenvalue weighted by atomic mass is 35.5. The number of amides is 2. The standard InChI is InChI=1S/C22H24ClN3O5S/c1-31-20-5-3-2-4-19(20)26-15-16(14-21(26)27)22(28)24-10-12-25(13-11-24)32(29,30)18-8-6-17(23)7-9-18/h2-9,16H,10-15H2,1H3. The lowest BCUT2D eigenvalue weighted by Gasteiger charge is -2.35. The van der Waals surface area contributed by atoms with E-state index < -0.39 is 15.9 Å². The third kappa shape index (κ3) is 4.32. The lowest BCUT2D eigenvalue weighted by atomic mass is 10.1. The first-order chi connectivity index (χ1) is 15.3. The number of hydrogen-bond acceptors (Lipinski definition) is 5. The van der Waals surface area contributed by atoms with Crippen LogP contribution in [-0.4, -0.2) is 69.3 Å². The van der Waals surface area contributed by atoms with E-state index in [0.717, 1.165) is 0 Å². The molecular weight excluding hydrogens is 454 g/mol. The van der Waals surface area contributed by atoms with E-state index in [0.29, 0.717) is 16.5 Å². The summed E-state index contributed by atoms with van der Waals surface area (Å²) in [6.45, 7) is 1.25. The fourth-order valence-electron chi connectivity index (χ4n) is 4.12. The van der Waals surface area contributed by atoms with Gasteiger partial charge in [-0.2, -0.15) is 4.31 Å². The first-order valence-electron chi connectivity index (χ1n) is 10.3. The molecule has 2 aromatic carbocycles. The summed E-state index contributed by atoms with van der Waals surface area (Å²) in [5.41, 5.74) is 0.647. The summed E-state index contributed by atoms with van der Waals surface area (Å²) in [5.74, 6) is -0.141. The van der Waals surface area contributed by atoms with Crippen molar-refractivity contribution in [1.82, 2.24) is 9.21 Å². The fourth-order valence-corrected chi connectivity index (χ4v) is 5.67. The fraction of sp³-hybridized carbons (Fsp3) is 0.364. The molecule has 0 aromatic heterocycles. The molecule has 1 unspecified atom stereocenters. The molecule has 0 aliphatic carbocycles. The average molecular weight is 478 g/mol.